The molecule has 3 aromatic rings. The molecule has 0 unspecified atom stereocenters. The first-order valence-electron chi connectivity index (χ1n) is 6.88. The van der Waals surface area contributed by atoms with E-state index in [1.54, 1.807) is 6.20 Å². The highest BCUT2D eigenvalue weighted by atomic mass is 15.2. The zero-order valence-electron chi connectivity index (χ0n) is 12.7. The molecule has 7 heteroatoms. The number of rotatable bonds is 4. The van der Waals surface area contributed by atoms with Gasteiger partial charge in [-0.3, -0.25) is 5.10 Å². The Morgan fingerprint density at radius 3 is 2.45 bits per heavy atom. The molecular formula is C15H17N7. The van der Waals surface area contributed by atoms with Crippen molar-refractivity contribution in [1.29, 1.82) is 0 Å². The molecule has 0 aliphatic rings. The predicted octanol–water partition coefficient (Wildman–Crippen LogP) is 2.04. The number of aromatic nitrogens is 5. The lowest BCUT2D eigenvalue weighted by molar-refractivity contribution is 1.02. The van der Waals surface area contributed by atoms with Gasteiger partial charge in [0.05, 0.1) is 11.9 Å². The van der Waals surface area contributed by atoms with E-state index >= 15 is 0 Å². The summed E-state index contributed by atoms with van der Waals surface area (Å²) >= 11 is 0. The lowest BCUT2D eigenvalue weighted by Gasteiger charge is -2.16. The summed E-state index contributed by atoms with van der Waals surface area (Å²) in [6.45, 7) is 0. The monoisotopic (exact) mass is 295 g/mol. The Labute approximate surface area is 128 Å². The first kappa shape index (κ1) is 14.0. The Morgan fingerprint density at radius 1 is 1.05 bits per heavy atom. The number of aromatic amines is 1. The van der Waals surface area contributed by atoms with Crippen molar-refractivity contribution in [3.05, 3.63) is 36.7 Å². The van der Waals surface area contributed by atoms with Crippen molar-refractivity contribution < 1.29 is 0 Å². The van der Waals surface area contributed by atoms with Crippen molar-refractivity contribution in [3.8, 4) is 22.5 Å². The second kappa shape index (κ2) is 5.80. The van der Waals surface area contributed by atoms with Crippen molar-refractivity contribution in [2.75, 3.05) is 31.4 Å². The van der Waals surface area contributed by atoms with Gasteiger partial charge < -0.3 is 10.2 Å². The molecule has 0 spiro atoms. The molecule has 0 saturated carbocycles. The van der Waals surface area contributed by atoms with E-state index in [0.29, 0.717) is 0 Å². The highest BCUT2D eigenvalue weighted by Crippen LogP contribution is 2.30. The molecule has 7 nitrogen and oxygen atoms in total. The van der Waals surface area contributed by atoms with Gasteiger partial charge in [-0.1, -0.05) is 0 Å². The van der Waals surface area contributed by atoms with Crippen LogP contribution in [0.2, 0.25) is 0 Å². The highest BCUT2D eigenvalue weighted by Gasteiger charge is 2.12. The summed E-state index contributed by atoms with van der Waals surface area (Å²) in [5.74, 6) is 1.59. The summed E-state index contributed by atoms with van der Waals surface area (Å²) in [6.07, 6.45) is 3.64. The quantitative estimate of drug-likeness (QED) is 0.766. The van der Waals surface area contributed by atoms with Crippen LogP contribution in [0, 0.1) is 0 Å². The molecule has 112 valence electrons. The lowest BCUT2D eigenvalue weighted by Crippen LogP contribution is -2.12. The van der Waals surface area contributed by atoms with E-state index < -0.39 is 0 Å². The summed E-state index contributed by atoms with van der Waals surface area (Å²) in [6, 6.07) is 7.75. The van der Waals surface area contributed by atoms with E-state index in [2.05, 4.69) is 25.7 Å². The SMILES string of the molecule is CNc1ccc(-c2ccc(-c3cn[nH]c3)c(N(C)C)n2)nn1. The maximum Gasteiger partial charge on any atom is 0.148 e. The minimum atomic E-state index is 0.728. The maximum absolute atomic E-state index is 4.72. The number of hydrogen-bond acceptors (Lipinski definition) is 6. The first-order valence-corrected chi connectivity index (χ1v) is 6.88. The molecule has 22 heavy (non-hydrogen) atoms. The average molecular weight is 295 g/mol. The van der Waals surface area contributed by atoms with Crippen molar-refractivity contribution >= 4 is 11.6 Å². The van der Waals surface area contributed by atoms with Crippen LogP contribution in [0.15, 0.2) is 36.7 Å². The third-order valence-electron chi connectivity index (χ3n) is 3.29. The third kappa shape index (κ3) is 2.60. The molecule has 0 bridgehead atoms. The van der Waals surface area contributed by atoms with Gasteiger partial charge in [0.25, 0.3) is 0 Å². The minimum absolute atomic E-state index is 0.728. The van der Waals surface area contributed by atoms with E-state index in [1.807, 2.05) is 56.5 Å². The summed E-state index contributed by atoms with van der Waals surface area (Å²) in [5, 5.41) is 18.1. The predicted molar refractivity (Wildman–Crippen MR) is 86.7 cm³/mol. The van der Waals surface area contributed by atoms with Gasteiger partial charge in [0.1, 0.15) is 17.3 Å². The lowest BCUT2D eigenvalue weighted by atomic mass is 10.1. The molecular weight excluding hydrogens is 278 g/mol. The van der Waals surface area contributed by atoms with Crippen LogP contribution in [-0.2, 0) is 0 Å². The number of anilines is 2. The Hall–Kier alpha value is -2.96. The van der Waals surface area contributed by atoms with Gasteiger partial charge in [-0.2, -0.15) is 5.10 Å². The molecule has 0 aliphatic carbocycles. The van der Waals surface area contributed by atoms with Crippen molar-refractivity contribution in [2.45, 2.75) is 0 Å². The van der Waals surface area contributed by atoms with Crippen molar-refractivity contribution in [1.82, 2.24) is 25.4 Å². The Kier molecular flexibility index (Phi) is 3.69. The fourth-order valence-corrected chi connectivity index (χ4v) is 2.16. The van der Waals surface area contributed by atoms with Gasteiger partial charge in [-0.05, 0) is 24.3 Å². The van der Waals surface area contributed by atoms with Gasteiger partial charge in [-0.15, -0.1) is 10.2 Å². The number of H-pyrrole nitrogens is 1. The fourth-order valence-electron chi connectivity index (χ4n) is 2.16. The molecule has 3 rings (SSSR count). The van der Waals surface area contributed by atoms with Crippen molar-refractivity contribution in [3.63, 3.8) is 0 Å². The van der Waals surface area contributed by atoms with Crippen LogP contribution in [0.4, 0.5) is 11.6 Å². The zero-order valence-corrected chi connectivity index (χ0v) is 12.7. The molecule has 0 radical (unpaired) electrons. The van der Waals surface area contributed by atoms with Crippen LogP contribution >= 0.6 is 0 Å². The molecule has 0 atom stereocenters. The molecule has 3 aromatic heterocycles. The number of hydrogen-bond donors (Lipinski definition) is 2. The number of nitrogens with zero attached hydrogens (tertiary/aromatic N) is 5. The third-order valence-corrected chi connectivity index (χ3v) is 3.29. The van der Waals surface area contributed by atoms with Crippen LogP contribution in [0.25, 0.3) is 22.5 Å². The summed E-state index contributed by atoms with van der Waals surface area (Å²) < 4.78 is 0. The van der Waals surface area contributed by atoms with Crippen molar-refractivity contribution in [2.24, 2.45) is 0 Å². The summed E-state index contributed by atoms with van der Waals surface area (Å²) in [4.78, 5) is 6.69. The van der Waals surface area contributed by atoms with Gasteiger partial charge in [0.15, 0.2) is 0 Å². The topological polar surface area (TPSA) is 82.6 Å². The summed E-state index contributed by atoms with van der Waals surface area (Å²) in [7, 11) is 5.74. The Balaban J connectivity index is 2.05. The van der Waals surface area contributed by atoms with E-state index in [0.717, 1.165) is 34.2 Å². The summed E-state index contributed by atoms with van der Waals surface area (Å²) in [5.41, 5.74) is 3.54. The van der Waals surface area contributed by atoms with Gasteiger partial charge >= 0.3 is 0 Å². The highest BCUT2D eigenvalue weighted by molar-refractivity contribution is 5.77. The molecule has 2 N–H and O–H groups in total. The van der Waals surface area contributed by atoms with Crippen LogP contribution in [-0.4, -0.2) is 46.5 Å². The fraction of sp³-hybridized carbons (Fsp3) is 0.200. The Bertz CT molecular complexity index is 748. The smallest absolute Gasteiger partial charge is 0.148 e. The molecule has 0 aromatic carbocycles. The molecule has 3 heterocycles. The Morgan fingerprint density at radius 2 is 1.86 bits per heavy atom. The van der Waals surface area contributed by atoms with Crippen LogP contribution in [0.3, 0.4) is 0 Å². The van der Waals surface area contributed by atoms with Gasteiger partial charge in [-0.25, -0.2) is 4.98 Å². The first-order chi connectivity index (χ1) is 10.7. The molecule has 0 saturated heterocycles. The van der Waals surface area contributed by atoms with E-state index in [-0.39, 0.29) is 0 Å². The van der Waals surface area contributed by atoms with E-state index in [1.165, 1.54) is 0 Å². The van der Waals surface area contributed by atoms with Crippen LogP contribution in [0.5, 0.6) is 0 Å². The number of pyridine rings is 1. The van der Waals surface area contributed by atoms with E-state index in [4.69, 9.17) is 4.98 Å². The zero-order chi connectivity index (χ0) is 15.5. The second-order valence-corrected chi connectivity index (χ2v) is 5.00. The molecule has 0 aliphatic heterocycles. The van der Waals surface area contributed by atoms with Gasteiger partial charge in [0, 0.05) is 38.5 Å². The maximum atomic E-state index is 4.72. The van der Waals surface area contributed by atoms with Crippen LogP contribution < -0.4 is 10.2 Å². The second-order valence-electron chi connectivity index (χ2n) is 5.00. The largest absolute Gasteiger partial charge is 0.372 e. The number of nitrogens with one attached hydrogen (secondary N) is 2. The minimum Gasteiger partial charge on any atom is -0.372 e. The van der Waals surface area contributed by atoms with Gasteiger partial charge in [0.2, 0.25) is 0 Å². The standard InChI is InChI=1S/C15H17N7/c1-16-14-7-6-13(20-21-14)12-5-4-11(10-8-17-18-9-10)15(19-12)22(2)3/h4-9H,1-3H3,(H,16,21)(H,17,18). The average Bonchev–Trinajstić information content (AvgIpc) is 3.08. The molecule has 0 amide bonds. The molecule has 0 fully saturated rings. The normalized spacial score (nSPS) is 10.5. The van der Waals surface area contributed by atoms with E-state index in [9.17, 15) is 0 Å². The van der Waals surface area contributed by atoms with Crippen LogP contribution in [0.1, 0.15) is 0 Å².